The molecule has 96 valence electrons. The van der Waals surface area contributed by atoms with Gasteiger partial charge in [0.15, 0.2) is 0 Å². The van der Waals surface area contributed by atoms with Crippen molar-refractivity contribution in [2.75, 3.05) is 6.61 Å². The van der Waals surface area contributed by atoms with Gasteiger partial charge in [-0.05, 0) is 47.0 Å². The lowest BCUT2D eigenvalue weighted by Gasteiger charge is -1.97. The summed E-state index contributed by atoms with van der Waals surface area (Å²) in [5.41, 5.74) is 2.72. The van der Waals surface area contributed by atoms with E-state index in [0.29, 0.717) is 6.61 Å². The third-order valence-electron chi connectivity index (χ3n) is 2.23. The molecule has 0 spiro atoms. The molecule has 0 atom stereocenters. The molecule has 0 fully saturated rings. The molecule has 0 unspecified atom stereocenters. The summed E-state index contributed by atoms with van der Waals surface area (Å²) in [5.74, 6) is -0.261. The van der Waals surface area contributed by atoms with E-state index in [0.717, 1.165) is 19.3 Å². The van der Waals surface area contributed by atoms with Gasteiger partial charge in [0.2, 0.25) is 0 Å². The maximum atomic E-state index is 11.0. The third kappa shape index (κ3) is 11.0. The number of esters is 1. The lowest BCUT2D eigenvalue weighted by Crippen LogP contribution is -1.98. The summed E-state index contributed by atoms with van der Waals surface area (Å²) >= 11 is 0. The first-order valence-electron chi connectivity index (χ1n) is 6.18. The molecule has 0 bridgehead atoms. The zero-order chi connectivity index (χ0) is 13.1. The van der Waals surface area contributed by atoms with Gasteiger partial charge in [-0.15, -0.1) is 0 Å². The highest BCUT2D eigenvalue weighted by Crippen LogP contribution is 2.07. The van der Waals surface area contributed by atoms with E-state index in [1.165, 1.54) is 17.2 Å². The molecule has 0 aliphatic carbocycles. The summed E-state index contributed by atoms with van der Waals surface area (Å²) in [6, 6.07) is 0. The van der Waals surface area contributed by atoms with E-state index in [2.05, 4.69) is 32.9 Å². The molecule has 2 nitrogen and oxygen atoms in total. The fourth-order valence-electron chi connectivity index (χ4n) is 1.31. The minimum Gasteiger partial charge on any atom is -0.463 e. The molecule has 17 heavy (non-hydrogen) atoms. The lowest BCUT2D eigenvalue weighted by molar-refractivity contribution is -0.137. The number of ether oxygens (including phenoxy) is 1. The number of hydrogen-bond donors (Lipinski definition) is 0. The van der Waals surface area contributed by atoms with Crippen LogP contribution in [-0.2, 0) is 9.53 Å². The van der Waals surface area contributed by atoms with Gasteiger partial charge in [0, 0.05) is 6.08 Å². The first-order chi connectivity index (χ1) is 8.06. The summed E-state index contributed by atoms with van der Waals surface area (Å²) in [4.78, 5) is 11.0. The summed E-state index contributed by atoms with van der Waals surface area (Å²) in [7, 11) is 0. The van der Waals surface area contributed by atoms with Crippen molar-refractivity contribution in [3.05, 3.63) is 35.5 Å². The Balaban J connectivity index is 3.83. The Hall–Kier alpha value is -1.31. The van der Waals surface area contributed by atoms with E-state index < -0.39 is 0 Å². The highest BCUT2D eigenvalue weighted by atomic mass is 16.5. The van der Waals surface area contributed by atoms with Crippen LogP contribution in [0.3, 0.4) is 0 Å². The molecule has 0 aromatic carbocycles. The van der Waals surface area contributed by atoms with Crippen LogP contribution in [0.4, 0.5) is 0 Å². The second-order valence-electron chi connectivity index (χ2n) is 4.26. The molecule has 0 rings (SSSR count). The minimum atomic E-state index is -0.261. The summed E-state index contributed by atoms with van der Waals surface area (Å²) in [6.07, 6.45) is 10.7. The highest BCUT2D eigenvalue weighted by molar-refractivity contribution is 5.81. The Bertz CT molecular complexity index is 305. The highest BCUT2D eigenvalue weighted by Gasteiger charge is 1.92. The monoisotopic (exact) mass is 236 g/mol. The van der Waals surface area contributed by atoms with Crippen LogP contribution in [0.2, 0.25) is 0 Å². The smallest absolute Gasteiger partial charge is 0.330 e. The Morgan fingerprint density at radius 2 is 1.88 bits per heavy atom. The zero-order valence-electron chi connectivity index (χ0n) is 11.5. The average Bonchev–Trinajstić information content (AvgIpc) is 2.24. The first-order valence-corrected chi connectivity index (χ1v) is 6.18. The van der Waals surface area contributed by atoms with Crippen molar-refractivity contribution in [3.8, 4) is 0 Å². The average molecular weight is 236 g/mol. The maximum absolute atomic E-state index is 11.0. The van der Waals surface area contributed by atoms with Crippen molar-refractivity contribution in [1.29, 1.82) is 0 Å². The molecule has 0 N–H and O–H groups in total. The quantitative estimate of drug-likeness (QED) is 0.376. The Morgan fingerprint density at radius 3 is 2.47 bits per heavy atom. The van der Waals surface area contributed by atoms with Crippen molar-refractivity contribution < 1.29 is 9.53 Å². The maximum Gasteiger partial charge on any atom is 0.330 e. The topological polar surface area (TPSA) is 26.3 Å². The number of allylic oxidation sites excluding steroid dienone is 5. The van der Waals surface area contributed by atoms with Gasteiger partial charge >= 0.3 is 5.97 Å². The Kier molecular flexibility index (Phi) is 9.12. The Labute approximate surface area is 105 Å². The van der Waals surface area contributed by atoms with E-state index in [-0.39, 0.29) is 5.97 Å². The molecule has 0 heterocycles. The van der Waals surface area contributed by atoms with Gasteiger partial charge in [-0.3, -0.25) is 0 Å². The van der Waals surface area contributed by atoms with Crippen molar-refractivity contribution in [1.82, 2.24) is 0 Å². The summed E-state index contributed by atoms with van der Waals surface area (Å²) in [6.45, 7) is 8.58. The van der Waals surface area contributed by atoms with Gasteiger partial charge in [-0.1, -0.05) is 29.4 Å². The molecule has 0 saturated heterocycles. The van der Waals surface area contributed by atoms with Gasteiger partial charge in [0.25, 0.3) is 0 Å². The zero-order valence-corrected chi connectivity index (χ0v) is 11.5. The van der Waals surface area contributed by atoms with Gasteiger partial charge < -0.3 is 4.74 Å². The van der Waals surface area contributed by atoms with E-state index in [1.807, 2.05) is 6.08 Å². The van der Waals surface area contributed by atoms with E-state index in [9.17, 15) is 4.79 Å². The number of carbonyl (C=O) groups is 1. The summed E-state index contributed by atoms with van der Waals surface area (Å²) in [5, 5.41) is 0. The SMILES string of the molecule is CCOC(=O)/C=C\C/C=C(\C)CCC=C(C)C. The minimum absolute atomic E-state index is 0.261. The van der Waals surface area contributed by atoms with Gasteiger partial charge in [0.05, 0.1) is 6.61 Å². The van der Waals surface area contributed by atoms with Crippen LogP contribution in [0.5, 0.6) is 0 Å². The number of hydrogen-bond acceptors (Lipinski definition) is 2. The van der Waals surface area contributed by atoms with E-state index >= 15 is 0 Å². The van der Waals surface area contributed by atoms with Crippen LogP contribution in [0.15, 0.2) is 35.5 Å². The second-order valence-corrected chi connectivity index (χ2v) is 4.26. The van der Waals surface area contributed by atoms with Gasteiger partial charge in [-0.25, -0.2) is 4.79 Å². The summed E-state index contributed by atoms with van der Waals surface area (Å²) < 4.78 is 4.79. The largest absolute Gasteiger partial charge is 0.463 e. The molecular formula is C15H24O2. The van der Waals surface area contributed by atoms with Crippen molar-refractivity contribution in [2.45, 2.75) is 47.0 Å². The fourth-order valence-corrected chi connectivity index (χ4v) is 1.31. The number of rotatable bonds is 7. The van der Waals surface area contributed by atoms with Crippen molar-refractivity contribution in [2.24, 2.45) is 0 Å². The molecular weight excluding hydrogens is 212 g/mol. The van der Waals surface area contributed by atoms with Crippen LogP contribution >= 0.6 is 0 Å². The molecule has 2 heteroatoms. The molecule has 0 radical (unpaired) electrons. The first kappa shape index (κ1) is 15.7. The number of carbonyl (C=O) groups excluding carboxylic acids is 1. The van der Waals surface area contributed by atoms with E-state index in [1.54, 1.807) is 6.92 Å². The van der Waals surface area contributed by atoms with Gasteiger partial charge in [-0.2, -0.15) is 0 Å². The predicted octanol–water partition coefficient (Wildman–Crippen LogP) is 4.19. The fraction of sp³-hybridized carbons (Fsp3) is 0.533. The van der Waals surface area contributed by atoms with Crippen molar-refractivity contribution in [3.63, 3.8) is 0 Å². The molecule has 0 saturated carbocycles. The normalized spacial score (nSPS) is 11.6. The van der Waals surface area contributed by atoms with Crippen LogP contribution < -0.4 is 0 Å². The van der Waals surface area contributed by atoms with Crippen LogP contribution in [0.25, 0.3) is 0 Å². The molecule has 0 aliphatic heterocycles. The van der Waals surface area contributed by atoms with Crippen molar-refractivity contribution >= 4 is 5.97 Å². The third-order valence-corrected chi connectivity index (χ3v) is 2.23. The molecule has 0 amide bonds. The van der Waals surface area contributed by atoms with Crippen LogP contribution in [0.1, 0.15) is 47.0 Å². The van der Waals surface area contributed by atoms with Crippen LogP contribution in [-0.4, -0.2) is 12.6 Å². The Morgan fingerprint density at radius 1 is 1.18 bits per heavy atom. The van der Waals surface area contributed by atoms with E-state index in [4.69, 9.17) is 4.74 Å². The molecule has 0 aromatic heterocycles. The lowest BCUT2D eigenvalue weighted by atomic mass is 10.1. The molecule has 0 aliphatic rings. The van der Waals surface area contributed by atoms with Crippen LogP contribution in [0, 0.1) is 0 Å². The standard InChI is InChI=1S/C15H24O2/c1-5-17-15(16)12-7-6-10-14(4)11-8-9-13(2)3/h7,9-10,12H,5-6,8,11H2,1-4H3/b12-7-,14-10+. The predicted molar refractivity (Wildman–Crippen MR) is 72.8 cm³/mol. The van der Waals surface area contributed by atoms with Gasteiger partial charge in [0.1, 0.15) is 0 Å². The molecule has 0 aromatic rings. The second kappa shape index (κ2) is 9.88.